The van der Waals surface area contributed by atoms with Crippen LogP contribution in [0, 0.1) is 15.9 Å². The quantitative estimate of drug-likeness (QED) is 0.388. The van der Waals surface area contributed by atoms with E-state index < -0.39 is 22.3 Å². The van der Waals surface area contributed by atoms with Crippen molar-refractivity contribution in [2.45, 2.75) is 0 Å². The third-order valence-electron chi connectivity index (χ3n) is 3.60. The van der Waals surface area contributed by atoms with Gasteiger partial charge in [-0.1, -0.05) is 35.3 Å². The van der Waals surface area contributed by atoms with Gasteiger partial charge in [-0.15, -0.1) is 0 Å². The number of carbonyl (C=O) groups is 1. The van der Waals surface area contributed by atoms with E-state index in [-0.39, 0.29) is 32.9 Å². The molecule has 29 heavy (non-hydrogen) atoms. The highest BCUT2D eigenvalue weighted by Gasteiger charge is 2.24. The Morgan fingerprint density at radius 2 is 1.79 bits per heavy atom. The minimum absolute atomic E-state index is 0.165. The first-order chi connectivity index (χ1) is 13.9. The monoisotopic (exact) mass is 436 g/mol. The number of halogens is 3. The molecule has 148 valence electrons. The lowest BCUT2D eigenvalue weighted by Gasteiger charge is -2.11. The van der Waals surface area contributed by atoms with E-state index in [1.54, 1.807) is 12.1 Å². The first-order valence-electron chi connectivity index (χ1n) is 7.89. The molecule has 0 fully saturated rings. The van der Waals surface area contributed by atoms with Gasteiger partial charge in [-0.25, -0.2) is 14.4 Å². The Balaban J connectivity index is 1.85. The van der Waals surface area contributed by atoms with Crippen LogP contribution in [0.2, 0.25) is 10.0 Å². The summed E-state index contributed by atoms with van der Waals surface area (Å²) in [6.45, 7) is 0. The number of hydrazine groups is 1. The molecule has 0 aliphatic rings. The largest absolute Gasteiger partial charge is 0.355 e. The molecule has 0 atom stereocenters. The van der Waals surface area contributed by atoms with Crippen LogP contribution in [0.25, 0.3) is 0 Å². The van der Waals surface area contributed by atoms with E-state index in [9.17, 15) is 19.3 Å². The Hall–Kier alpha value is -3.50. The molecule has 1 aromatic heterocycles. The summed E-state index contributed by atoms with van der Waals surface area (Å²) in [6, 6.07) is 9.96. The van der Waals surface area contributed by atoms with Crippen LogP contribution in [0.3, 0.4) is 0 Å². The van der Waals surface area contributed by atoms with E-state index in [2.05, 4.69) is 26.1 Å². The fourth-order valence-electron chi connectivity index (χ4n) is 2.27. The lowest BCUT2D eigenvalue weighted by molar-refractivity contribution is -0.383. The van der Waals surface area contributed by atoms with Gasteiger partial charge in [0, 0.05) is 5.69 Å². The maximum absolute atomic E-state index is 13.3. The minimum atomic E-state index is -0.739. The number of hydrogen-bond acceptors (Lipinski definition) is 7. The number of hydrogen-bond donors (Lipinski definition) is 3. The van der Waals surface area contributed by atoms with Gasteiger partial charge in [0.2, 0.25) is 11.6 Å². The Labute approximate surface area is 173 Å². The highest BCUT2D eigenvalue weighted by atomic mass is 35.5. The molecule has 0 radical (unpaired) electrons. The van der Waals surface area contributed by atoms with Gasteiger partial charge in [0.15, 0.2) is 0 Å². The predicted molar refractivity (Wildman–Crippen MR) is 106 cm³/mol. The third kappa shape index (κ3) is 4.68. The van der Waals surface area contributed by atoms with Crippen LogP contribution in [0.15, 0.2) is 48.8 Å². The Morgan fingerprint density at radius 3 is 2.48 bits per heavy atom. The van der Waals surface area contributed by atoms with Crippen molar-refractivity contribution >= 4 is 52.1 Å². The van der Waals surface area contributed by atoms with E-state index in [4.69, 9.17) is 23.2 Å². The highest BCUT2D eigenvalue weighted by Crippen LogP contribution is 2.31. The first kappa shape index (κ1) is 20.2. The van der Waals surface area contributed by atoms with Gasteiger partial charge in [0.05, 0.1) is 20.5 Å². The Kier molecular flexibility index (Phi) is 6.05. The molecule has 1 heterocycles. The summed E-state index contributed by atoms with van der Waals surface area (Å²) < 4.78 is 13.3. The zero-order valence-corrected chi connectivity index (χ0v) is 15.8. The summed E-state index contributed by atoms with van der Waals surface area (Å²) in [5.41, 5.74) is 4.57. The average Bonchev–Trinajstić information content (AvgIpc) is 2.69. The lowest BCUT2D eigenvalue weighted by atomic mass is 10.2. The summed E-state index contributed by atoms with van der Waals surface area (Å²) in [6.07, 6.45) is 1.05. The highest BCUT2D eigenvalue weighted by molar-refractivity contribution is 6.33. The molecule has 9 nitrogen and oxygen atoms in total. The van der Waals surface area contributed by atoms with Gasteiger partial charge < -0.3 is 5.32 Å². The number of aromatic nitrogens is 2. The number of carbonyl (C=O) groups excluding carboxylic acids is 1. The molecule has 0 unspecified atom stereocenters. The summed E-state index contributed by atoms with van der Waals surface area (Å²) in [5.74, 6) is -1.73. The molecule has 0 aliphatic carbocycles. The number of anilines is 3. The number of amides is 1. The molecule has 0 saturated carbocycles. The summed E-state index contributed by atoms with van der Waals surface area (Å²) in [4.78, 5) is 30.7. The van der Waals surface area contributed by atoms with Crippen molar-refractivity contribution in [3.05, 3.63) is 80.3 Å². The zero-order chi connectivity index (χ0) is 21.0. The van der Waals surface area contributed by atoms with E-state index in [1.807, 2.05) is 0 Å². The fraction of sp³-hybridized carbons (Fsp3) is 0. The van der Waals surface area contributed by atoms with Crippen LogP contribution in [-0.4, -0.2) is 20.8 Å². The van der Waals surface area contributed by atoms with E-state index in [1.165, 1.54) is 24.3 Å². The summed E-state index contributed by atoms with van der Waals surface area (Å²) in [5, 5.41) is 14.3. The van der Waals surface area contributed by atoms with Crippen LogP contribution in [0.5, 0.6) is 0 Å². The number of rotatable bonds is 6. The van der Waals surface area contributed by atoms with Crippen LogP contribution >= 0.6 is 23.2 Å². The van der Waals surface area contributed by atoms with Crippen molar-refractivity contribution < 1.29 is 14.1 Å². The predicted octanol–water partition coefficient (Wildman–Crippen LogP) is 4.33. The maximum atomic E-state index is 13.3. The van der Waals surface area contributed by atoms with Crippen molar-refractivity contribution in [3.63, 3.8) is 0 Å². The van der Waals surface area contributed by atoms with Crippen LogP contribution in [-0.2, 0) is 0 Å². The van der Waals surface area contributed by atoms with E-state index >= 15 is 0 Å². The van der Waals surface area contributed by atoms with Crippen molar-refractivity contribution in [2.75, 3.05) is 10.7 Å². The van der Waals surface area contributed by atoms with Crippen LogP contribution in [0.1, 0.15) is 10.4 Å². The zero-order valence-electron chi connectivity index (χ0n) is 14.3. The van der Waals surface area contributed by atoms with E-state index in [0.29, 0.717) is 0 Å². The van der Waals surface area contributed by atoms with Gasteiger partial charge in [-0.3, -0.25) is 25.8 Å². The second-order valence-corrected chi connectivity index (χ2v) is 6.30. The van der Waals surface area contributed by atoms with Gasteiger partial charge in [0.25, 0.3) is 5.91 Å². The summed E-state index contributed by atoms with van der Waals surface area (Å²) in [7, 11) is 0. The van der Waals surface area contributed by atoms with Crippen molar-refractivity contribution in [3.8, 4) is 0 Å². The molecule has 0 spiro atoms. The second-order valence-electron chi connectivity index (χ2n) is 5.49. The van der Waals surface area contributed by atoms with Gasteiger partial charge in [-0.2, -0.15) is 0 Å². The van der Waals surface area contributed by atoms with Crippen molar-refractivity contribution in [2.24, 2.45) is 0 Å². The van der Waals surface area contributed by atoms with Gasteiger partial charge >= 0.3 is 5.69 Å². The van der Waals surface area contributed by atoms with Gasteiger partial charge in [-0.05, 0) is 30.3 Å². The molecule has 3 aromatic rings. The number of nitro groups is 1. The van der Waals surface area contributed by atoms with Crippen LogP contribution < -0.4 is 16.2 Å². The van der Waals surface area contributed by atoms with Crippen molar-refractivity contribution in [1.82, 2.24) is 15.4 Å². The molecule has 12 heteroatoms. The molecule has 3 N–H and O–H groups in total. The first-order valence-corrected chi connectivity index (χ1v) is 8.64. The number of benzene rings is 2. The topological polar surface area (TPSA) is 122 Å². The average molecular weight is 437 g/mol. The Morgan fingerprint density at radius 1 is 1.07 bits per heavy atom. The molecule has 2 aromatic carbocycles. The smallest absolute Gasteiger partial charge is 0.334 e. The number of nitrogens with one attached hydrogen (secondary N) is 3. The molecule has 0 bridgehead atoms. The minimum Gasteiger partial charge on any atom is -0.334 e. The maximum Gasteiger partial charge on any atom is 0.355 e. The molecular formula is C17H11Cl2FN6O3. The van der Waals surface area contributed by atoms with Crippen molar-refractivity contribution in [1.29, 1.82) is 0 Å². The molecule has 0 aliphatic heterocycles. The SMILES string of the molecule is O=C(NNc1ncnc(Nc2ccc(F)c(Cl)c2)c1[N+](=O)[O-])c1ccccc1Cl. The molecule has 3 rings (SSSR count). The normalized spacial score (nSPS) is 10.3. The van der Waals surface area contributed by atoms with E-state index in [0.717, 1.165) is 12.4 Å². The summed E-state index contributed by atoms with van der Waals surface area (Å²) >= 11 is 11.7. The Bertz CT molecular complexity index is 1100. The fourth-order valence-corrected chi connectivity index (χ4v) is 2.68. The lowest BCUT2D eigenvalue weighted by Crippen LogP contribution is -2.30. The second kappa shape index (κ2) is 8.67. The van der Waals surface area contributed by atoms with Gasteiger partial charge in [0.1, 0.15) is 12.1 Å². The number of nitrogens with zero attached hydrogens (tertiary/aromatic N) is 3. The molecular weight excluding hydrogens is 426 g/mol. The molecule has 0 saturated heterocycles. The molecule has 1 amide bonds. The third-order valence-corrected chi connectivity index (χ3v) is 4.22. The van der Waals surface area contributed by atoms with Crippen LogP contribution in [0.4, 0.5) is 27.4 Å². The standard InChI is InChI=1S/C17H11Cl2FN6O3/c18-11-4-2-1-3-10(11)17(27)25-24-16-14(26(28)29)15(21-8-22-16)23-9-5-6-13(20)12(19)7-9/h1-8H,(H,25,27)(H2,21,22,23,24).